The van der Waals surface area contributed by atoms with E-state index in [1.54, 1.807) is 0 Å². The number of aliphatic imine (C=N–C) groups is 1. The second-order valence-electron chi connectivity index (χ2n) is 6.90. The summed E-state index contributed by atoms with van der Waals surface area (Å²) in [6.07, 6.45) is -2.06. The summed E-state index contributed by atoms with van der Waals surface area (Å²) in [5.41, 5.74) is 4.67. The van der Waals surface area contributed by atoms with Gasteiger partial charge in [-0.3, -0.25) is 4.67 Å². The first-order valence-corrected chi connectivity index (χ1v) is 10.6. The van der Waals surface area contributed by atoms with Crippen molar-refractivity contribution in [2.24, 2.45) is 4.99 Å². The van der Waals surface area contributed by atoms with Crippen molar-refractivity contribution in [1.82, 2.24) is 9.57 Å². The van der Waals surface area contributed by atoms with Crippen LogP contribution in [0, 0.1) is 13.8 Å². The minimum absolute atomic E-state index is 0.391. The van der Waals surface area contributed by atoms with Crippen molar-refractivity contribution in [1.29, 1.82) is 0 Å². The zero-order valence-corrected chi connectivity index (χ0v) is 16.7. The highest BCUT2D eigenvalue weighted by Crippen LogP contribution is 2.59. The van der Waals surface area contributed by atoms with Crippen LogP contribution in [0.1, 0.15) is 38.8 Å². The lowest BCUT2D eigenvalue weighted by Crippen LogP contribution is -2.41. The molecule has 0 amide bonds. The maximum atomic E-state index is 6.38. The largest absolute Gasteiger partial charge is 0.361 e. The van der Waals surface area contributed by atoms with Gasteiger partial charge in [0.1, 0.15) is 6.19 Å². The van der Waals surface area contributed by atoms with Gasteiger partial charge >= 0.3 is 0 Å². The summed E-state index contributed by atoms with van der Waals surface area (Å²) in [6.45, 7) is 13.2. The lowest BCUT2D eigenvalue weighted by molar-refractivity contribution is 0.326. The zero-order valence-electron chi connectivity index (χ0n) is 15.0. The molecule has 0 aliphatic carbocycles. The first-order valence-electron chi connectivity index (χ1n) is 7.88. The number of aryl methyl sites for hydroxylation is 2. The molecule has 0 unspecified atom stereocenters. The molecular formula is C17H28N3PS. The number of benzene rings is 1. The number of fused-ring (bicyclic) bond motifs is 1. The summed E-state index contributed by atoms with van der Waals surface area (Å²) in [5, 5.41) is 1.27. The van der Waals surface area contributed by atoms with Crippen LogP contribution in [-0.2, 0) is 11.8 Å². The molecule has 3 nitrogen and oxygen atoms in total. The maximum absolute atomic E-state index is 6.38. The van der Waals surface area contributed by atoms with Gasteiger partial charge in [0.25, 0.3) is 0 Å². The molecule has 0 bridgehead atoms. The van der Waals surface area contributed by atoms with Crippen molar-refractivity contribution in [2.75, 3.05) is 14.1 Å². The maximum Gasteiger partial charge on any atom is 0.156 e. The molecule has 1 heterocycles. The third kappa shape index (κ3) is 2.66. The Morgan fingerprint density at radius 3 is 2.05 bits per heavy atom. The first-order chi connectivity index (χ1) is 10.1. The van der Waals surface area contributed by atoms with Crippen LogP contribution in [0.2, 0.25) is 0 Å². The van der Waals surface area contributed by atoms with Crippen LogP contribution in [0.3, 0.4) is 0 Å². The molecule has 2 rings (SSSR count). The summed E-state index contributed by atoms with van der Waals surface area (Å²) < 4.78 is 2.51. The number of rotatable bonds is 3. The van der Waals surface area contributed by atoms with E-state index in [9.17, 15) is 0 Å². The Hall–Kier alpha value is -0.700. The lowest BCUT2D eigenvalue weighted by atomic mass is 10.1. The van der Waals surface area contributed by atoms with Gasteiger partial charge in [0.15, 0.2) is 5.58 Å². The van der Waals surface area contributed by atoms with Gasteiger partial charge in [-0.05, 0) is 58.7 Å². The minimum atomic E-state index is -2.06. The van der Waals surface area contributed by atoms with Crippen LogP contribution in [-0.4, -0.2) is 41.3 Å². The third-order valence-electron chi connectivity index (χ3n) is 4.02. The van der Waals surface area contributed by atoms with Gasteiger partial charge in [-0.1, -0.05) is 17.9 Å². The standard InChI is InChI=1S/C17H28N3PS/c1-11(2)20(12(3)4)21(22)15-10-13(5)9-14(6)16(15)18-17(21)19(7)8/h9-12H,1-8H3/t21-/m1/s1. The third-order valence-corrected chi connectivity index (χ3v) is 9.27. The van der Waals surface area contributed by atoms with E-state index in [4.69, 9.17) is 16.8 Å². The monoisotopic (exact) mass is 337 g/mol. The van der Waals surface area contributed by atoms with Gasteiger partial charge in [0.2, 0.25) is 0 Å². The molecule has 1 atom stereocenters. The van der Waals surface area contributed by atoms with E-state index >= 15 is 0 Å². The minimum Gasteiger partial charge on any atom is -0.361 e. The van der Waals surface area contributed by atoms with Crippen LogP contribution in [0.4, 0.5) is 5.69 Å². The van der Waals surface area contributed by atoms with Crippen molar-refractivity contribution < 1.29 is 0 Å². The van der Waals surface area contributed by atoms with Crippen LogP contribution in [0.15, 0.2) is 17.1 Å². The number of hydrogen-bond donors (Lipinski definition) is 0. The summed E-state index contributed by atoms with van der Waals surface area (Å²) in [7, 11) is 4.12. The molecule has 22 heavy (non-hydrogen) atoms. The van der Waals surface area contributed by atoms with Crippen LogP contribution >= 0.6 is 6.19 Å². The molecule has 1 aliphatic rings. The van der Waals surface area contributed by atoms with Crippen LogP contribution < -0.4 is 5.30 Å². The van der Waals surface area contributed by atoms with Crippen molar-refractivity contribution in [2.45, 2.75) is 53.6 Å². The predicted molar refractivity (Wildman–Crippen MR) is 103 cm³/mol. The molecular weight excluding hydrogens is 309 g/mol. The van der Waals surface area contributed by atoms with E-state index in [1.807, 2.05) is 0 Å². The highest BCUT2D eigenvalue weighted by Gasteiger charge is 2.43. The average molecular weight is 337 g/mol. The normalized spacial score (nSPS) is 20.8. The SMILES string of the molecule is Cc1cc(C)c2c(c1)[P@](=S)(N(C(C)C)C(C)C)C(N(C)C)=N2. The molecule has 0 aromatic heterocycles. The molecule has 0 spiro atoms. The fourth-order valence-corrected chi connectivity index (χ4v) is 9.24. The Labute approximate surface area is 140 Å². The Morgan fingerprint density at radius 2 is 1.59 bits per heavy atom. The molecule has 1 aromatic rings. The lowest BCUT2D eigenvalue weighted by Gasteiger charge is -2.41. The number of nitrogens with zero attached hydrogens (tertiary/aromatic N) is 3. The van der Waals surface area contributed by atoms with Gasteiger partial charge < -0.3 is 4.90 Å². The summed E-state index contributed by atoms with van der Waals surface area (Å²) >= 11 is 6.38. The molecule has 0 fully saturated rings. The van der Waals surface area contributed by atoms with Gasteiger partial charge in [0.05, 0.1) is 5.69 Å². The molecule has 122 valence electrons. The predicted octanol–water partition coefficient (Wildman–Crippen LogP) is 4.00. The van der Waals surface area contributed by atoms with E-state index in [-0.39, 0.29) is 0 Å². The van der Waals surface area contributed by atoms with E-state index < -0.39 is 6.19 Å². The van der Waals surface area contributed by atoms with Gasteiger partial charge in [-0.15, -0.1) is 0 Å². The van der Waals surface area contributed by atoms with Crippen molar-refractivity contribution >= 4 is 34.6 Å². The van der Waals surface area contributed by atoms with Crippen molar-refractivity contribution in [3.63, 3.8) is 0 Å². The van der Waals surface area contributed by atoms with Crippen molar-refractivity contribution in [3.05, 3.63) is 23.3 Å². The highest BCUT2D eigenvalue weighted by molar-refractivity contribution is 8.25. The second kappa shape index (κ2) is 6.07. The quantitative estimate of drug-likeness (QED) is 0.777. The fourth-order valence-electron chi connectivity index (χ4n) is 3.44. The van der Waals surface area contributed by atoms with Gasteiger partial charge in [0, 0.05) is 31.5 Å². The average Bonchev–Trinajstić information content (AvgIpc) is 2.63. The van der Waals surface area contributed by atoms with Crippen LogP contribution in [0.5, 0.6) is 0 Å². The zero-order chi connectivity index (χ0) is 16.8. The second-order valence-corrected chi connectivity index (χ2v) is 11.0. The number of hydrogen-bond acceptors (Lipinski definition) is 3. The van der Waals surface area contributed by atoms with E-state index in [2.05, 4.69) is 77.3 Å². The summed E-state index contributed by atoms with van der Waals surface area (Å²) in [4.78, 5) is 7.10. The molecule has 1 aromatic carbocycles. The summed E-state index contributed by atoms with van der Waals surface area (Å²) in [5.74, 6) is 0. The molecule has 0 N–H and O–H groups in total. The molecule has 0 saturated carbocycles. The molecule has 1 aliphatic heterocycles. The highest BCUT2D eigenvalue weighted by atomic mass is 32.4. The van der Waals surface area contributed by atoms with Crippen LogP contribution in [0.25, 0.3) is 0 Å². The Balaban J connectivity index is 2.79. The first kappa shape index (κ1) is 17.7. The fraction of sp³-hybridized carbons (Fsp3) is 0.588. The van der Waals surface area contributed by atoms with E-state index in [1.165, 1.54) is 16.4 Å². The van der Waals surface area contributed by atoms with E-state index in [0.717, 1.165) is 11.3 Å². The summed E-state index contributed by atoms with van der Waals surface area (Å²) in [6, 6.07) is 5.25. The topological polar surface area (TPSA) is 18.8 Å². The Bertz CT molecular complexity index is 654. The smallest absolute Gasteiger partial charge is 0.156 e. The molecule has 0 radical (unpaired) electrons. The Morgan fingerprint density at radius 1 is 1.05 bits per heavy atom. The Kier molecular flexibility index (Phi) is 4.87. The van der Waals surface area contributed by atoms with Gasteiger partial charge in [-0.2, -0.15) is 0 Å². The van der Waals surface area contributed by atoms with Gasteiger partial charge in [-0.25, -0.2) is 4.99 Å². The molecule has 0 saturated heterocycles. The number of amidine groups is 1. The van der Waals surface area contributed by atoms with E-state index in [0.29, 0.717) is 12.1 Å². The van der Waals surface area contributed by atoms with Crippen molar-refractivity contribution in [3.8, 4) is 0 Å². The molecule has 5 heteroatoms.